The van der Waals surface area contributed by atoms with E-state index in [0.717, 1.165) is 49.9 Å². The summed E-state index contributed by atoms with van der Waals surface area (Å²) < 4.78 is 13.8. The molecule has 5 rings (SSSR count). The monoisotopic (exact) mass is 457 g/mol. The number of benzene rings is 1. The van der Waals surface area contributed by atoms with Gasteiger partial charge in [0.2, 0.25) is 5.91 Å². The number of fused-ring (bicyclic) bond motifs is 1. The third-order valence-electron chi connectivity index (χ3n) is 6.10. The Morgan fingerprint density at radius 1 is 1.22 bits per heavy atom. The van der Waals surface area contributed by atoms with Crippen LogP contribution in [0, 0.1) is 11.7 Å². The van der Waals surface area contributed by atoms with Gasteiger partial charge in [0.1, 0.15) is 24.0 Å². The molecular weight excluding hydrogens is 433 g/mol. The van der Waals surface area contributed by atoms with Crippen molar-refractivity contribution in [1.29, 1.82) is 0 Å². The molecule has 1 saturated heterocycles. The highest BCUT2D eigenvalue weighted by Gasteiger charge is 2.37. The fraction of sp³-hybridized carbons (Fsp3) is 0.455. The van der Waals surface area contributed by atoms with Crippen molar-refractivity contribution in [2.24, 2.45) is 5.92 Å². The van der Waals surface area contributed by atoms with Gasteiger partial charge in [-0.1, -0.05) is 11.6 Å². The molecular formula is C22H25ClFN7O. The van der Waals surface area contributed by atoms with E-state index in [4.69, 9.17) is 11.6 Å². The zero-order chi connectivity index (χ0) is 22.1. The first-order chi connectivity index (χ1) is 15.6. The van der Waals surface area contributed by atoms with Crippen LogP contribution in [0.25, 0.3) is 11.0 Å². The van der Waals surface area contributed by atoms with Gasteiger partial charge < -0.3 is 15.5 Å². The number of hydrogen-bond donors (Lipinski definition) is 3. The molecule has 2 atom stereocenters. The standard InChI is InChI=1S/C22H25ClFN7O/c23-14-7-15(24)9-17(8-14)28-19(13-4-5-13)22(32)29-16-3-1-2-6-31(11-16)21-18-10-27-30-20(18)25-12-26-21/h7-10,12-13,16,19,28H,1-6,11H2,(H,29,32)(H,25,26,27,30)/t16?,19-/m1/s1. The number of H-pyrrole nitrogens is 1. The summed E-state index contributed by atoms with van der Waals surface area (Å²) in [6.45, 7) is 1.52. The molecule has 2 fully saturated rings. The van der Waals surface area contributed by atoms with Crippen molar-refractivity contribution in [3.05, 3.63) is 41.6 Å². The molecule has 32 heavy (non-hydrogen) atoms. The highest BCUT2D eigenvalue weighted by atomic mass is 35.5. The Balaban J connectivity index is 1.30. The highest BCUT2D eigenvalue weighted by Crippen LogP contribution is 2.35. The van der Waals surface area contributed by atoms with Crippen LogP contribution >= 0.6 is 11.6 Å². The van der Waals surface area contributed by atoms with Crippen molar-refractivity contribution in [3.8, 4) is 0 Å². The maximum absolute atomic E-state index is 13.8. The van der Waals surface area contributed by atoms with E-state index in [-0.39, 0.29) is 17.9 Å². The largest absolute Gasteiger partial charge is 0.373 e. The Bertz CT molecular complexity index is 1100. The molecule has 0 bridgehead atoms. The van der Waals surface area contributed by atoms with Crippen molar-refractivity contribution in [2.75, 3.05) is 23.3 Å². The van der Waals surface area contributed by atoms with Crippen molar-refractivity contribution in [1.82, 2.24) is 25.5 Å². The topological polar surface area (TPSA) is 98.8 Å². The first-order valence-electron chi connectivity index (χ1n) is 11.0. The molecule has 1 unspecified atom stereocenters. The van der Waals surface area contributed by atoms with Gasteiger partial charge in [-0.25, -0.2) is 14.4 Å². The molecule has 1 aliphatic carbocycles. The second-order valence-electron chi connectivity index (χ2n) is 8.59. The van der Waals surface area contributed by atoms with Gasteiger partial charge in [-0.3, -0.25) is 9.89 Å². The summed E-state index contributed by atoms with van der Waals surface area (Å²) in [5, 5.41) is 14.6. The third kappa shape index (κ3) is 4.62. The van der Waals surface area contributed by atoms with Crippen LogP contribution in [-0.4, -0.2) is 51.2 Å². The van der Waals surface area contributed by atoms with Crippen LogP contribution in [0.3, 0.4) is 0 Å². The van der Waals surface area contributed by atoms with E-state index in [1.54, 1.807) is 12.3 Å². The minimum atomic E-state index is -0.426. The summed E-state index contributed by atoms with van der Waals surface area (Å²) in [5.74, 6) is 0.586. The fourth-order valence-corrected chi connectivity index (χ4v) is 4.61. The first kappa shape index (κ1) is 20.9. The van der Waals surface area contributed by atoms with Crippen LogP contribution in [0.4, 0.5) is 15.9 Å². The average Bonchev–Trinajstić information content (AvgIpc) is 3.52. The summed E-state index contributed by atoms with van der Waals surface area (Å²) in [6, 6.07) is 3.84. The molecule has 1 amide bonds. The SMILES string of the molecule is O=C(NC1CCCCN(c2ncnc3[nH]ncc23)C1)[C@H](Nc1cc(F)cc(Cl)c1)C1CC1. The third-order valence-corrected chi connectivity index (χ3v) is 6.32. The highest BCUT2D eigenvalue weighted by molar-refractivity contribution is 6.30. The van der Waals surface area contributed by atoms with E-state index in [9.17, 15) is 9.18 Å². The second-order valence-corrected chi connectivity index (χ2v) is 9.03. The number of rotatable bonds is 6. The van der Waals surface area contributed by atoms with Crippen molar-refractivity contribution in [2.45, 2.75) is 44.2 Å². The second kappa shape index (κ2) is 8.90. The van der Waals surface area contributed by atoms with Crippen molar-refractivity contribution >= 4 is 40.0 Å². The number of aromatic nitrogens is 4. The summed E-state index contributed by atoms with van der Waals surface area (Å²) in [6.07, 6.45) is 8.15. The molecule has 1 aliphatic heterocycles. The van der Waals surface area contributed by atoms with Crippen LogP contribution in [0.15, 0.2) is 30.7 Å². The quantitative estimate of drug-likeness (QED) is 0.524. The van der Waals surface area contributed by atoms with E-state index < -0.39 is 11.9 Å². The Hall–Kier alpha value is -2.94. The van der Waals surface area contributed by atoms with Crippen LogP contribution in [0.1, 0.15) is 32.1 Å². The molecule has 8 nitrogen and oxygen atoms in total. The lowest BCUT2D eigenvalue weighted by Crippen LogP contribution is -2.49. The molecule has 3 N–H and O–H groups in total. The summed E-state index contributed by atoms with van der Waals surface area (Å²) in [7, 11) is 0. The number of amides is 1. The molecule has 3 heterocycles. The molecule has 1 saturated carbocycles. The Morgan fingerprint density at radius 3 is 2.91 bits per heavy atom. The van der Waals surface area contributed by atoms with E-state index in [1.165, 1.54) is 18.5 Å². The van der Waals surface area contributed by atoms with E-state index in [1.807, 2.05) is 0 Å². The predicted molar refractivity (Wildman–Crippen MR) is 121 cm³/mol. The number of anilines is 2. The average molecular weight is 458 g/mol. The lowest BCUT2D eigenvalue weighted by molar-refractivity contribution is -0.122. The zero-order valence-corrected chi connectivity index (χ0v) is 18.3. The van der Waals surface area contributed by atoms with E-state index in [0.29, 0.717) is 22.9 Å². The lowest BCUT2D eigenvalue weighted by Gasteiger charge is -2.28. The van der Waals surface area contributed by atoms with Gasteiger partial charge in [-0.2, -0.15) is 5.10 Å². The minimum absolute atomic E-state index is 0.0129. The Kier molecular flexibility index (Phi) is 5.82. The van der Waals surface area contributed by atoms with Crippen molar-refractivity contribution < 1.29 is 9.18 Å². The van der Waals surface area contributed by atoms with Crippen LogP contribution in [0.2, 0.25) is 5.02 Å². The number of carbonyl (C=O) groups is 1. The minimum Gasteiger partial charge on any atom is -0.373 e. The molecule has 2 aromatic heterocycles. The Labute approximate surface area is 189 Å². The van der Waals surface area contributed by atoms with Gasteiger partial charge in [0.15, 0.2) is 5.65 Å². The normalized spacial score (nSPS) is 20.1. The fourth-order valence-electron chi connectivity index (χ4n) is 4.39. The van der Waals surface area contributed by atoms with Crippen LogP contribution in [0.5, 0.6) is 0 Å². The van der Waals surface area contributed by atoms with Gasteiger partial charge >= 0.3 is 0 Å². The zero-order valence-electron chi connectivity index (χ0n) is 17.5. The van der Waals surface area contributed by atoms with Gasteiger partial charge in [-0.15, -0.1) is 0 Å². The molecule has 2 aliphatic rings. The number of carbonyl (C=O) groups excluding carboxylic acids is 1. The van der Waals surface area contributed by atoms with Gasteiger partial charge in [0.25, 0.3) is 0 Å². The van der Waals surface area contributed by atoms with Gasteiger partial charge in [-0.05, 0) is 56.2 Å². The summed E-state index contributed by atoms with van der Waals surface area (Å²) in [4.78, 5) is 24.1. The number of nitrogens with zero attached hydrogens (tertiary/aromatic N) is 4. The van der Waals surface area contributed by atoms with Crippen LogP contribution in [-0.2, 0) is 4.79 Å². The molecule has 0 spiro atoms. The molecule has 0 radical (unpaired) electrons. The van der Waals surface area contributed by atoms with E-state index in [2.05, 4.69) is 35.7 Å². The number of nitrogens with one attached hydrogen (secondary N) is 3. The maximum atomic E-state index is 13.8. The lowest BCUT2D eigenvalue weighted by atomic mass is 10.1. The van der Waals surface area contributed by atoms with Crippen LogP contribution < -0.4 is 15.5 Å². The summed E-state index contributed by atoms with van der Waals surface area (Å²) >= 11 is 5.99. The molecule has 1 aromatic carbocycles. The molecule has 10 heteroatoms. The van der Waals surface area contributed by atoms with E-state index >= 15 is 0 Å². The maximum Gasteiger partial charge on any atom is 0.243 e. The van der Waals surface area contributed by atoms with Gasteiger partial charge in [0, 0.05) is 29.8 Å². The number of halogens is 2. The first-order valence-corrected chi connectivity index (χ1v) is 11.4. The number of aromatic amines is 1. The molecule has 168 valence electrons. The predicted octanol–water partition coefficient (Wildman–Crippen LogP) is 3.51. The number of hydrogen-bond acceptors (Lipinski definition) is 6. The summed E-state index contributed by atoms with van der Waals surface area (Å²) in [5.41, 5.74) is 1.22. The molecule has 3 aromatic rings. The smallest absolute Gasteiger partial charge is 0.243 e. The van der Waals surface area contributed by atoms with Crippen molar-refractivity contribution in [3.63, 3.8) is 0 Å². The Morgan fingerprint density at radius 2 is 2.09 bits per heavy atom. The van der Waals surface area contributed by atoms with Gasteiger partial charge in [0.05, 0.1) is 11.6 Å².